The Morgan fingerprint density at radius 3 is 2.64 bits per heavy atom. The Kier molecular flexibility index (Phi) is 4.17. The van der Waals surface area contributed by atoms with Crippen LogP contribution in [0.1, 0.15) is 60.7 Å². The van der Waals surface area contributed by atoms with Gasteiger partial charge in [0.05, 0.1) is 5.39 Å². The van der Waals surface area contributed by atoms with E-state index in [1.807, 2.05) is 18.4 Å². The van der Waals surface area contributed by atoms with Gasteiger partial charge in [-0.25, -0.2) is 9.97 Å². The quantitative estimate of drug-likeness (QED) is 0.817. The van der Waals surface area contributed by atoms with Gasteiger partial charge < -0.3 is 9.64 Å². The SMILES string of the molecule is COCC1CCN(c2nc(C3CC3)nc3sc4c(c23)CCCC4)CC1. The first kappa shape index (κ1) is 16.0. The molecule has 5 heteroatoms. The number of hydrogen-bond acceptors (Lipinski definition) is 5. The zero-order chi connectivity index (χ0) is 16.8. The molecule has 0 bridgehead atoms. The third-order valence-electron chi connectivity index (χ3n) is 6.07. The van der Waals surface area contributed by atoms with Gasteiger partial charge in [-0.15, -0.1) is 11.3 Å². The van der Waals surface area contributed by atoms with Crippen LogP contribution in [0.3, 0.4) is 0 Å². The molecule has 0 N–H and O–H groups in total. The molecule has 5 rings (SSSR count). The number of aromatic nitrogens is 2. The van der Waals surface area contributed by atoms with Gasteiger partial charge in [-0.3, -0.25) is 0 Å². The molecule has 4 nitrogen and oxygen atoms in total. The Bertz CT molecular complexity index is 775. The topological polar surface area (TPSA) is 38.2 Å². The second kappa shape index (κ2) is 6.51. The summed E-state index contributed by atoms with van der Waals surface area (Å²) in [6.45, 7) is 3.11. The molecular formula is C20H27N3OS. The van der Waals surface area contributed by atoms with Gasteiger partial charge in [0.25, 0.3) is 0 Å². The molecule has 25 heavy (non-hydrogen) atoms. The number of rotatable bonds is 4. The summed E-state index contributed by atoms with van der Waals surface area (Å²) in [4.78, 5) is 15.5. The van der Waals surface area contributed by atoms with Crippen molar-refractivity contribution in [1.82, 2.24) is 9.97 Å². The zero-order valence-corrected chi connectivity index (χ0v) is 15.9. The summed E-state index contributed by atoms with van der Waals surface area (Å²) in [5.41, 5.74) is 1.57. The van der Waals surface area contributed by atoms with Gasteiger partial charge >= 0.3 is 0 Å². The normalized spacial score (nSPS) is 21.7. The van der Waals surface area contributed by atoms with E-state index in [2.05, 4.69) is 4.90 Å². The fraction of sp³-hybridized carbons (Fsp3) is 0.700. The summed E-state index contributed by atoms with van der Waals surface area (Å²) in [6.07, 6.45) is 10.1. The van der Waals surface area contributed by atoms with Gasteiger partial charge in [-0.1, -0.05) is 0 Å². The maximum absolute atomic E-state index is 5.37. The van der Waals surface area contributed by atoms with Crippen LogP contribution in [0.5, 0.6) is 0 Å². The Hall–Kier alpha value is -1.20. The molecule has 0 spiro atoms. The van der Waals surface area contributed by atoms with Crippen LogP contribution in [0.4, 0.5) is 5.82 Å². The summed E-state index contributed by atoms with van der Waals surface area (Å²) < 4.78 is 5.37. The average molecular weight is 358 g/mol. The molecule has 3 aliphatic rings. The average Bonchev–Trinajstić information content (AvgIpc) is 3.42. The first-order valence-electron chi connectivity index (χ1n) is 9.89. The summed E-state index contributed by atoms with van der Waals surface area (Å²) in [7, 11) is 1.82. The minimum absolute atomic E-state index is 0.619. The first-order valence-corrected chi connectivity index (χ1v) is 10.7. The molecule has 0 unspecified atom stereocenters. The van der Waals surface area contributed by atoms with Crippen molar-refractivity contribution in [2.24, 2.45) is 5.92 Å². The highest BCUT2D eigenvalue weighted by Gasteiger charge is 2.31. The van der Waals surface area contributed by atoms with E-state index in [0.29, 0.717) is 11.8 Å². The molecule has 0 amide bonds. The van der Waals surface area contributed by atoms with E-state index in [-0.39, 0.29) is 0 Å². The lowest BCUT2D eigenvalue weighted by molar-refractivity contribution is 0.139. The lowest BCUT2D eigenvalue weighted by Crippen LogP contribution is -2.36. The van der Waals surface area contributed by atoms with E-state index >= 15 is 0 Å². The van der Waals surface area contributed by atoms with Gasteiger partial charge in [0.1, 0.15) is 16.5 Å². The summed E-state index contributed by atoms with van der Waals surface area (Å²) in [5.74, 6) is 3.69. The minimum Gasteiger partial charge on any atom is -0.384 e. The van der Waals surface area contributed by atoms with Crippen molar-refractivity contribution in [1.29, 1.82) is 0 Å². The van der Waals surface area contributed by atoms with E-state index in [0.717, 1.165) is 25.5 Å². The molecule has 2 aromatic rings. The molecule has 3 heterocycles. The lowest BCUT2D eigenvalue weighted by atomic mass is 9.95. The predicted octanol–water partition coefficient (Wildman–Crippen LogP) is 4.31. The summed E-state index contributed by atoms with van der Waals surface area (Å²) >= 11 is 1.95. The predicted molar refractivity (Wildman–Crippen MR) is 103 cm³/mol. The standard InChI is InChI=1S/C20H27N3OS/c1-24-12-13-8-10-23(11-9-13)19-17-15-4-2-3-5-16(15)25-20(17)22-18(21-19)14-6-7-14/h13-14H,2-12H2,1H3. The second-order valence-corrected chi connectivity index (χ2v) is 9.04. The molecule has 0 atom stereocenters. The maximum atomic E-state index is 5.37. The highest BCUT2D eigenvalue weighted by Crippen LogP contribution is 2.44. The largest absolute Gasteiger partial charge is 0.384 e. The maximum Gasteiger partial charge on any atom is 0.141 e. The molecular weight excluding hydrogens is 330 g/mol. The Morgan fingerprint density at radius 2 is 1.88 bits per heavy atom. The number of hydrogen-bond donors (Lipinski definition) is 0. The number of fused-ring (bicyclic) bond motifs is 3. The third-order valence-corrected chi connectivity index (χ3v) is 7.26. The molecule has 0 radical (unpaired) electrons. The number of piperidine rings is 1. The molecule has 2 aliphatic carbocycles. The van der Waals surface area contributed by atoms with E-state index < -0.39 is 0 Å². The number of nitrogens with zero attached hydrogens (tertiary/aromatic N) is 3. The van der Waals surface area contributed by atoms with Gasteiger partial charge in [0.15, 0.2) is 0 Å². The smallest absolute Gasteiger partial charge is 0.141 e. The van der Waals surface area contributed by atoms with E-state index in [1.54, 1.807) is 10.4 Å². The number of thiophene rings is 1. The second-order valence-electron chi connectivity index (χ2n) is 7.96. The zero-order valence-electron chi connectivity index (χ0n) is 15.1. The molecule has 0 aromatic carbocycles. The monoisotopic (exact) mass is 357 g/mol. The van der Waals surface area contributed by atoms with Crippen LogP contribution in [-0.2, 0) is 17.6 Å². The molecule has 2 aromatic heterocycles. The highest BCUT2D eigenvalue weighted by atomic mass is 32.1. The van der Waals surface area contributed by atoms with Crippen LogP contribution in [-0.4, -0.2) is 36.8 Å². The Balaban J connectivity index is 1.55. The number of anilines is 1. The molecule has 134 valence electrons. The van der Waals surface area contributed by atoms with Crippen molar-refractivity contribution in [2.45, 2.75) is 57.3 Å². The summed E-state index contributed by atoms with van der Waals surface area (Å²) in [6, 6.07) is 0. The van der Waals surface area contributed by atoms with Gasteiger partial charge in [-0.2, -0.15) is 0 Å². The van der Waals surface area contributed by atoms with Crippen LogP contribution in [0, 0.1) is 5.92 Å². The fourth-order valence-corrected chi connectivity index (χ4v) is 5.72. The van der Waals surface area contributed by atoms with Gasteiger partial charge in [0, 0.05) is 37.6 Å². The minimum atomic E-state index is 0.619. The van der Waals surface area contributed by atoms with E-state index in [1.165, 1.54) is 67.4 Å². The van der Waals surface area contributed by atoms with Gasteiger partial charge in [0.2, 0.25) is 0 Å². The molecule has 1 saturated heterocycles. The van der Waals surface area contributed by atoms with Crippen molar-refractivity contribution in [3.63, 3.8) is 0 Å². The van der Waals surface area contributed by atoms with Crippen molar-refractivity contribution in [2.75, 3.05) is 31.7 Å². The van der Waals surface area contributed by atoms with Crippen molar-refractivity contribution >= 4 is 27.4 Å². The van der Waals surface area contributed by atoms with Gasteiger partial charge in [-0.05, 0) is 62.8 Å². The third kappa shape index (κ3) is 2.95. The van der Waals surface area contributed by atoms with Crippen molar-refractivity contribution < 1.29 is 4.74 Å². The summed E-state index contributed by atoms with van der Waals surface area (Å²) in [5, 5.41) is 1.40. The van der Waals surface area contributed by atoms with Crippen molar-refractivity contribution in [3.05, 3.63) is 16.3 Å². The van der Waals surface area contributed by atoms with Crippen LogP contribution in [0.2, 0.25) is 0 Å². The molecule has 2 fully saturated rings. The van der Waals surface area contributed by atoms with Crippen LogP contribution in [0.15, 0.2) is 0 Å². The van der Waals surface area contributed by atoms with Crippen molar-refractivity contribution in [3.8, 4) is 0 Å². The number of methoxy groups -OCH3 is 1. The van der Waals surface area contributed by atoms with Crippen LogP contribution >= 0.6 is 11.3 Å². The fourth-order valence-electron chi connectivity index (χ4n) is 4.45. The lowest BCUT2D eigenvalue weighted by Gasteiger charge is -2.33. The van der Waals surface area contributed by atoms with Crippen LogP contribution in [0.25, 0.3) is 10.2 Å². The van der Waals surface area contributed by atoms with E-state index in [4.69, 9.17) is 14.7 Å². The molecule has 1 saturated carbocycles. The Morgan fingerprint density at radius 1 is 1.08 bits per heavy atom. The van der Waals surface area contributed by atoms with E-state index in [9.17, 15) is 0 Å². The molecule has 1 aliphatic heterocycles. The highest BCUT2D eigenvalue weighted by molar-refractivity contribution is 7.19. The first-order chi connectivity index (χ1) is 12.3. The Labute approximate surface area is 153 Å². The number of aryl methyl sites for hydroxylation is 2. The number of ether oxygens (including phenoxy) is 1. The van der Waals surface area contributed by atoms with Crippen LogP contribution < -0.4 is 4.90 Å².